The highest BCUT2D eigenvalue weighted by Crippen LogP contribution is 2.42. The summed E-state index contributed by atoms with van der Waals surface area (Å²) >= 11 is 0. The SMILES string of the molecule is N#Cc1ccc(-c2cccc(C#N)c2-c2cccc(-n3c4ccccc4c4cc(C#N)ccc43)c2)c(-n2c3ccccc3c3ccccc32)c1. The number of rotatable bonds is 4. The van der Waals surface area contributed by atoms with Crippen LogP contribution in [0.25, 0.3) is 77.2 Å². The van der Waals surface area contributed by atoms with E-state index in [0.717, 1.165) is 77.2 Å². The van der Waals surface area contributed by atoms with Gasteiger partial charge in [0.2, 0.25) is 0 Å². The van der Waals surface area contributed by atoms with Gasteiger partial charge in [-0.3, -0.25) is 0 Å². The molecule has 0 aliphatic carbocycles. The Labute approximate surface area is 287 Å². The predicted octanol–water partition coefficient (Wildman–Crippen LogP) is 10.8. The van der Waals surface area contributed by atoms with Gasteiger partial charge in [0.15, 0.2) is 0 Å². The first-order chi connectivity index (χ1) is 24.7. The second-order valence-corrected chi connectivity index (χ2v) is 12.3. The van der Waals surface area contributed by atoms with Crippen LogP contribution in [-0.2, 0) is 0 Å². The zero-order chi connectivity index (χ0) is 33.8. The van der Waals surface area contributed by atoms with Gasteiger partial charge in [-0.15, -0.1) is 0 Å². The highest BCUT2D eigenvalue weighted by atomic mass is 15.0. The molecule has 2 heterocycles. The van der Waals surface area contributed by atoms with Crippen LogP contribution in [0.4, 0.5) is 0 Å². The number of hydrogen-bond acceptors (Lipinski definition) is 3. The number of benzene rings is 7. The topological polar surface area (TPSA) is 81.2 Å². The molecule has 0 saturated heterocycles. The first kappa shape index (κ1) is 28.8. The Balaban J connectivity index is 1.31. The second kappa shape index (κ2) is 11.4. The summed E-state index contributed by atoms with van der Waals surface area (Å²) in [4.78, 5) is 0. The van der Waals surface area contributed by atoms with E-state index in [2.05, 4.69) is 88.0 Å². The fraction of sp³-hybridized carbons (Fsp3) is 0. The maximum absolute atomic E-state index is 10.5. The van der Waals surface area contributed by atoms with Crippen molar-refractivity contribution < 1.29 is 0 Å². The normalized spacial score (nSPS) is 11.1. The summed E-state index contributed by atoms with van der Waals surface area (Å²) in [6.07, 6.45) is 0. The lowest BCUT2D eigenvalue weighted by molar-refractivity contribution is 1.18. The average molecular weight is 636 g/mol. The van der Waals surface area contributed by atoms with Crippen LogP contribution in [0.3, 0.4) is 0 Å². The van der Waals surface area contributed by atoms with Gasteiger partial charge in [0, 0.05) is 38.4 Å². The van der Waals surface area contributed by atoms with E-state index >= 15 is 0 Å². The second-order valence-electron chi connectivity index (χ2n) is 12.3. The Bertz CT molecular complexity index is 2920. The highest BCUT2D eigenvalue weighted by Gasteiger charge is 2.21. The zero-order valence-electron chi connectivity index (χ0n) is 26.7. The van der Waals surface area contributed by atoms with Crippen LogP contribution in [0, 0.1) is 34.0 Å². The van der Waals surface area contributed by atoms with Crippen molar-refractivity contribution in [3.63, 3.8) is 0 Å². The van der Waals surface area contributed by atoms with E-state index in [-0.39, 0.29) is 0 Å². The van der Waals surface area contributed by atoms with E-state index in [4.69, 9.17) is 0 Å². The Kier molecular flexibility index (Phi) is 6.56. The lowest BCUT2D eigenvalue weighted by Gasteiger charge is -2.19. The summed E-state index contributed by atoms with van der Waals surface area (Å²) in [5.41, 5.74) is 11.1. The minimum absolute atomic E-state index is 0.552. The molecule has 2 aromatic heterocycles. The zero-order valence-corrected chi connectivity index (χ0v) is 26.7. The molecular weight excluding hydrogens is 611 g/mol. The maximum Gasteiger partial charge on any atom is 0.0998 e. The number of nitriles is 3. The third-order valence-electron chi connectivity index (χ3n) is 9.62. The predicted molar refractivity (Wildman–Crippen MR) is 200 cm³/mol. The lowest BCUT2D eigenvalue weighted by atomic mass is 9.89. The molecule has 0 atom stereocenters. The average Bonchev–Trinajstić information content (AvgIpc) is 3.70. The van der Waals surface area contributed by atoms with Crippen LogP contribution in [0.5, 0.6) is 0 Å². The van der Waals surface area contributed by atoms with Crippen molar-refractivity contribution >= 4 is 43.6 Å². The molecule has 50 heavy (non-hydrogen) atoms. The van der Waals surface area contributed by atoms with Crippen molar-refractivity contribution in [2.45, 2.75) is 0 Å². The number of hydrogen-bond donors (Lipinski definition) is 0. The Morgan fingerprint density at radius 1 is 0.400 bits per heavy atom. The Hall–Kier alpha value is -7.39. The fourth-order valence-electron chi connectivity index (χ4n) is 7.50. The molecule has 0 aliphatic heterocycles. The van der Waals surface area contributed by atoms with E-state index in [0.29, 0.717) is 16.7 Å². The minimum Gasteiger partial charge on any atom is -0.309 e. The first-order valence-electron chi connectivity index (χ1n) is 16.3. The van der Waals surface area contributed by atoms with Gasteiger partial charge in [0.05, 0.1) is 62.7 Å². The van der Waals surface area contributed by atoms with E-state index in [1.165, 1.54) is 0 Å². The molecule has 0 fully saturated rings. The van der Waals surface area contributed by atoms with Crippen LogP contribution in [0.1, 0.15) is 16.7 Å². The molecule has 0 amide bonds. The molecular formula is C45H25N5. The molecule has 5 nitrogen and oxygen atoms in total. The molecule has 0 aliphatic rings. The summed E-state index contributed by atoms with van der Waals surface area (Å²) in [6.45, 7) is 0. The summed E-state index contributed by atoms with van der Waals surface area (Å²) in [5, 5.41) is 34.5. The molecule has 9 aromatic rings. The van der Waals surface area contributed by atoms with Crippen LogP contribution < -0.4 is 0 Å². The van der Waals surface area contributed by atoms with Gasteiger partial charge in [0.25, 0.3) is 0 Å². The van der Waals surface area contributed by atoms with E-state index in [1.807, 2.05) is 91.0 Å². The van der Waals surface area contributed by atoms with Crippen molar-refractivity contribution in [3.8, 4) is 51.8 Å². The van der Waals surface area contributed by atoms with Gasteiger partial charge in [-0.25, -0.2) is 0 Å². The molecule has 0 radical (unpaired) electrons. The van der Waals surface area contributed by atoms with Crippen molar-refractivity contribution in [3.05, 3.63) is 168 Å². The summed E-state index contributed by atoms with van der Waals surface area (Å²) in [7, 11) is 0. The van der Waals surface area contributed by atoms with Crippen molar-refractivity contribution in [2.75, 3.05) is 0 Å². The third kappa shape index (κ3) is 4.31. The quantitative estimate of drug-likeness (QED) is 0.193. The van der Waals surface area contributed by atoms with Gasteiger partial charge in [-0.1, -0.05) is 84.9 Å². The monoisotopic (exact) mass is 635 g/mol. The van der Waals surface area contributed by atoms with Gasteiger partial charge in [-0.05, 0) is 77.9 Å². The standard InChI is InChI=1S/C45H25N5/c46-26-29-20-22-43-39(23-29)36-14-3-4-16-40(36)49(43)33-11-7-9-31(25-33)45-32(28-48)10-8-15-38(45)37-21-19-30(27-47)24-44(37)50-41-17-5-1-12-34(41)35-13-2-6-18-42(35)50/h1-25H. The largest absolute Gasteiger partial charge is 0.309 e. The maximum atomic E-state index is 10.5. The molecule has 0 bridgehead atoms. The van der Waals surface area contributed by atoms with Crippen LogP contribution in [-0.4, -0.2) is 9.13 Å². The molecule has 0 N–H and O–H groups in total. The van der Waals surface area contributed by atoms with Crippen molar-refractivity contribution in [1.29, 1.82) is 15.8 Å². The van der Waals surface area contributed by atoms with Crippen molar-refractivity contribution in [1.82, 2.24) is 9.13 Å². The van der Waals surface area contributed by atoms with Crippen LogP contribution in [0.2, 0.25) is 0 Å². The van der Waals surface area contributed by atoms with E-state index < -0.39 is 0 Å². The van der Waals surface area contributed by atoms with Crippen molar-refractivity contribution in [2.24, 2.45) is 0 Å². The smallest absolute Gasteiger partial charge is 0.0998 e. The highest BCUT2D eigenvalue weighted by molar-refractivity contribution is 6.11. The molecule has 0 unspecified atom stereocenters. The lowest BCUT2D eigenvalue weighted by Crippen LogP contribution is -2.00. The summed E-state index contributed by atoms with van der Waals surface area (Å²) < 4.78 is 4.45. The molecule has 9 rings (SSSR count). The third-order valence-corrected chi connectivity index (χ3v) is 9.62. The number of nitrogens with zero attached hydrogens (tertiary/aromatic N) is 5. The van der Waals surface area contributed by atoms with Crippen LogP contribution >= 0.6 is 0 Å². The summed E-state index contributed by atoms with van der Waals surface area (Å²) in [6, 6.07) is 57.7. The molecule has 230 valence electrons. The van der Waals surface area contributed by atoms with E-state index in [9.17, 15) is 15.8 Å². The van der Waals surface area contributed by atoms with Gasteiger partial charge < -0.3 is 9.13 Å². The van der Waals surface area contributed by atoms with Gasteiger partial charge in [0.1, 0.15) is 0 Å². The fourth-order valence-corrected chi connectivity index (χ4v) is 7.50. The van der Waals surface area contributed by atoms with Gasteiger partial charge in [-0.2, -0.15) is 15.8 Å². The molecule has 7 aromatic carbocycles. The number of fused-ring (bicyclic) bond motifs is 6. The first-order valence-corrected chi connectivity index (χ1v) is 16.3. The minimum atomic E-state index is 0.552. The Morgan fingerprint density at radius 3 is 1.66 bits per heavy atom. The molecule has 5 heteroatoms. The number of para-hydroxylation sites is 3. The van der Waals surface area contributed by atoms with Gasteiger partial charge >= 0.3 is 0 Å². The van der Waals surface area contributed by atoms with E-state index in [1.54, 1.807) is 0 Å². The van der Waals surface area contributed by atoms with Crippen LogP contribution in [0.15, 0.2) is 152 Å². The summed E-state index contributed by atoms with van der Waals surface area (Å²) in [5.74, 6) is 0. The number of aromatic nitrogens is 2. The molecule has 0 spiro atoms. The Morgan fingerprint density at radius 2 is 0.980 bits per heavy atom. The molecule has 0 saturated carbocycles.